The fraction of sp³-hybridized carbons (Fsp3) is 0.235. The van der Waals surface area contributed by atoms with Crippen molar-refractivity contribution in [3.63, 3.8) is 0 Å². The number of hydrogen-bond donors (Lipinski definition) is 1. The maximum Gasteiger partial charge on any atom is 0.264 e. The number of halogens is 2. The summed E-state index contributed by atoms with van der Waals surface area (Å²) >= 11 is 6.27. The number of nitrogens with one attached hydrogen (secondary N) is 1. The van der Waals surface area contributed by atoms with Crippen molar-refractivity contribution in [1.29, 1.82) is 0 Å². The molecule has 44 heavy (non-hydrogen) atoms. The molecule has 0 saturated heterocycles. The van der Waals surface area contributed by atoms with Gasteiger partial charge in [-0.05, 0) is 65.6 Å². The molecule has 0 heterocycles. The van der Waals surface area contributed by atoms with Gasteiger partial charge in [-0.1, -0.05) is 86.1 Å². The quantitative estimate of drug-likeness (QED) is 0.193. The van der Waals surface area contributed by atoms with E-state index in [1.807, 2.05) is 44.2 Å². The summed E-state index contributed by atoms with van der Waals surface area (Å²) in [7, 11) is -4.26. The highest BCUT2D eigenvalue weighted by molar-refractivity contribution is 7.92. The average Bonchev–Trinajstić information content (AvgIpc) is 3.01. The van der Waals surface area contributed by atoms with Gasteiger partial charge in [0.05, 0.1) is 10.6 Å². The second-order valence-electron chi connectivity index (χ2n) is 10.8. The van der Waals surface area contributed by atoms with E-state index >= 15 is 0 Å². The van der Waals surface area contributed by atoms with Crippen LogP contribution in [0.25, 0.3) is 0 Å². The van der Waals surface area contributed by atoms with Gasteiger partial charge >= 0.3 is 0 Å². The van der Waals surface area contributed by atoms with Crippen molar-refractivity contribution in [2.24, 2.45) is 5.92 Å². The Hall–Kier alpha value is -4.21. The smallest absolute Gasteiger partial charge is 0.264 e. The van der Waals surface area contributed by atoms with Crippen LogP contribution in [0.4, 0.5) is 10.1 Å². The first kappa shape index (κ1) is 32.7. The Kier molecular flexibility index (Phi) is 11.1. The van der Waals surface area contributed by atoms with E-state index in [1.165, 1.54) is 29.2 Å². The van der Waals surface area contributed by atoms with Crippen molar-refractivity contribution >= 4 is 39.1 Å². The lowest BCUT2D eigenvalue weighted by atomic mass is 10.0. The Morgan fingerprint density at radius 2 is 1.45 bits per heavy atom. The molecule has 0 aromatic heterocycles. The van der Waals surface area contributed by atoms with E-state index in [0.29, 0.717) is 17.1 Å². The summed E-state index contributed by atoms with van der Waals surface area (Å²) in [6.07, 6.45) is 0.194. The summed E-state index contributed by atoms with van der Waals surface area (Å²) in [5.74, 6) is -1.37. The number of rotatable bonds is 13. The van der Waals surface area contributed by atoms with Gasteiger partial charge in [0.25, 0.3) is 10.0 Å². The molecule has 10 heteroatoms. The molecule has 4 rings (SSSR count). The fourth-order valence-electron chi connectivity index (χ4n) is 4.66. The first-order valence-electron chi connectivity index (χ1n) is 14.2. The summed E-state index contributed by atoms with van der Waals surface area (Å²) in [6.45, 7) is 3.70. The third-order valence-corrected chi connectivity index (χ3v) is 8.95. The van der Waals surface area contributed by atoms with Crippen LogP contribution in [-0.2, 0) is 32.6 Å². The van der Waals surface area contributed by atoms with Crippen molar-refractivity contribution in [2.75, 3.05) is 17.4 Å². The van der Waals surface area contributed by atoms with Crippen LogP contribution in [0.15, 0.2) is 114 Å². The van der Waals surface area contributed by atoms with Crippen molar-refractivity contribution in [3.05, 3.63) is 131 Å². The summed E-state index contributed by atoms with van der Waals surface area (Å²) in [6, 6.07) is 27.9. The molecule has 0 spiro atoms. The number of nitrogens with zero attached hydrogens (tertiary/aromatic N) is 2. The van der Waals surface area contributed by atoms with Crippen molar-refractivity contribution in [3.8, 4) is 0 Å². The molecule has 0 aliphatic carbocycles. The van der Waals surface area contributed by atoms with Crippen LogP contribution in [0, 0.1) is 11.7 Å². The Morgan fingerprint density at radius 3 is 2.07 bits per heavy atom. The predicted molar refractivity (Wildman–Crippen MR) is 171 cm³/mol. The van der Waals surface area contributed by atoms with E-state index in [0.717, 1.165) is 22.0 Å². The summed E-state index contributed by atoms with van der Waals surface area (Å²) in [4.78, 5) is 29.5. The van der Waals surface area contributed by atoms with Crippen LogP contribution < -0.4 is 9.62 Å². The first-order valence-corrected chi connectivity index (χ1v) is 16.1. The van der Waals surface area contributed by atoms with Gasteiger partial charge < -0.3 is 10.2 Å². The second kappa shape index (κ2) is 15.0. The Morgan fingerprint density at radius 1 is 0.841 bits per heavy atom. The first-order chi connectivity index (χ1) is 21.0. The van der Waals surface area contributed by atoms with Gasteiger partial charge in [-0.25, -0.2) is 12.8 Å². The standard InChI is InChI=1S/C34H35ClFN3O4S/c1-25(2)22-37-34(41)32(21-26-10-5-3-6-11-26)38(23-27-12-9-13-28(35)20-27)33(40)24-39(30-18-16-29(36)17-19-30)44(42,43)31-14-7-4-8-15-31/h3-20,25,32H,21-24H2,1-2H3,(H,37,41)/t32-/m1/s1. The van der Waals surface area contributed by atoms with Gasteiger partial charge in [0.2, 0.25) is 11.8 Å². The summed E-state index contributed by atoms with van der Waals surface area (Å²) in [5, 5.41) is 3.41. The second-order valence-corrected chi connectivity index (χ2v) is 13.1. The molecule has 230 valence electrons. The number of sulfonamides is 1. The number of anilines is 1. The van der Waals surface area contributed by atoms with Gasteiger partial charge in [0, 0.05) is 24.5 Å². The Balaban J connectivity index is 1.79. The fourth-order valence-corrected chi connectivity index (χ4v) is 6.31. The van der Waals surface area contributed by atoms with Gasteiger partial charge in [-0.3, -0.25) is 13.9 Å². The van der Waals surface area contributed by atoms with E-state index in [1.54, 1.807) is 42.5 Å². The zero-order chi connectivity index (χ0) is 31.7. The van der Waals surface area contributed by atoms with Crippen molar-refractivity contribution in [1.82, 2.24) is 10.2 Å². The van der Waals surface area contributed by atoms with Gasteiger partial charge in [-0.2, -0.15) is 0 Å². The molecule has 4 aromatic carbocycles. The minimum atomic E-state index is -4.26. The SMILES string of the molecule is CC(C)CNC(=O)[C@@H](Cc1ccccc1)N(Cc1cccc(Cl)c1)C(=O)CN(c1ccc(F)cc1)S(=O)(=O)c1ccccc1. The number of carbonyl (C=O) groups excluding carboxylic acids is 2. The van der Waals surface area contributed by atoms with Crippen LogP contribution in [0.3, 0.4) is 0 Å². The molecule has 0 fully saturated rings. The topological polar surface area (TPSA) is 86.8 Å². The predicted octanol–water partition coefficient (Wildman–Crippen LogP) is 6.09. The Bertz CT molecular complexity index is 1650. The monoisotopic (exact) mass is 635 g/mol. The third kappa shape index (κ3) is 8.67. The lowest BCUT2D eigenvalue weighted by molar-refractivity contribution is -0.140. The minimum absolute atomic E-state index is 0.00532. The molecule has 7 nitrogen and oxygen atoms in total. The molecule has 0 radical (unpaired) electrons. The molecule has 0 aliphatic heterocycles. The molecule has 1 N–H and O–H groups in total. The van der Waals surface area contributed by atoms with E-state index in [9.17, 15) is 22.4 Å². The zero-order valence-electron chi connectivity index (χ0n) is 24.6. The van der Waals surface area contributed by atoms with Crippen LogP contribution in [-0.4, -0.2) is 44.3 Å². The van der Waals surface area contributed by atoms with E-state index < -0.39 is 34.3 Å². The maximum atomic E-state index is 14.4. The summed E-state index contributed by atoms with van der Waals surface area (Å²) in [5.41, 5.74) is 1.60. The lowest BCUT2D eigenvalue weighted by Gasteiger charge is -2.34. The largest absolute Gasteiger partial charge is 0.354 e. The molecule has 4 aromatic rings. The van der Waals surface area contributed by atoms with Crippen molar-refractivity contribution in [2.45, 2.75) is 37.8 Å². The van der Waals surface area contributed by atoms with Gasteiger partial charge in [0.15, 0.2) is 0 Å². The molecule has 1 atom stereocenters. The number of hydrogen-bond acceptors (Lipinski definition) is 4. The Labute approximate surface area is 263 Å². The maximum absolute atomic E-state index is 14.4. The molecule has 2 amide bonds. The molecular weight excluding hydrogens is 601 g/mol. The molecule has 0 saturated carbocycles. The molecule has 0 aliphatic rings. The zero-order valence-corrected chi connectivity index (χ0v) is 26.1. The molecule has 0 unspecified atom stereocenters. The van der Waals surface area contributed by atoms with Crippen LogP contribution in [0.1, 0.15) is 25.0 Å². The van der Waals surface area contributed by atoms with Gasteiger partial charge in [-0.15, -0.1) is 0 Å². The van der Waals surface area contributed by atoms with E-state index in [4.69, 9.17) is 11.6 Å². The number of amides is 2. The highest BCUT2D eigenvalue weighted by atomic mass is 35.5. The minimum Gasteiger partial charge on any atom is -0.354 e. The summed E-state index contributed by atoms with van der Waals surface area (Å²) < 4.78 is 42.6. The highest BCUT2D eigenvalue weighted by Gasteiger charge is 2.34. The molecular formula is C34H35ClFN3O4S. The lowest BCUT2D eigenvalue weighted by Crippen LogP contribution is -2.53. The number of carbonyl (C=O) groups is 2. The van der Waals surface area contributed by atoms with Crippen LogP contribution in [0.5, 0.6) is 0 Å². The number of benzene rings is 4. The van der Waals surface area contributed by atoms with Crippen LogP contribution in [0.2, 0.25) is 5.02 Å². The van der Waals surface area contributed by atoms with E-state index in [2.05, 4.69) is 5.32 Å². The average molecular weight is 636 g/mol. The third-order valence-electron chi connectivity index (χ3n) is 6.92. The van der Waals surface area contributed by atoms with Crippen LogP contribution >= 0.6 is 11.6 Å². The van der Waals surface area contributed by atoms with Gasteiger partial charge in [0.1, 0.15) is 18.4 Å². The van der Waals surface area contributed by atoms with E-state index in [-0.39, 0.29) is 35.4 Å². The normalized spacial score (nSPS) is 12.0. The highest BCUT2D eigenvalue weighted by Crippen LogP contribution is 2.25. The van der Waals surface area contributed by atoms with Crippen molar-refractivity contribution < 1.29 is 22.4 Å². The molecule has 0 bridgehead atoms.